The fourth-order valence-corrected chi connectivity index (χ4v) is 3.45. The Bertz CT molecular complexity index is 650. The van der Waals surface area contributed by atoms with Crippen LogP contribution in [0.1, 0.15) is 34.6 Å². The Labute approximate surface area is 119 Å². The highest BCUT2D eigenvalue weighted by Gasteiger charge is 2.32. The first-order chi connectivity index (χ1) is 9.54. The number of fused-ring (bicyclic) bond motifs is 1. The van der Waals surface area contributed by atoms with Crippen molar-refractivity contribution in [1.82, 2.24) is 20.2 Å². The first kappa shape index (κ1) is 13.0. The van der Waals surface area contributed by atoms with Crippen molar-refractivity contribution in [3.63, 3.8) is 0 Å². The summed E-state index contributed by atoms with van der Waals surface area (Å²) in [7, 11) is 1.91. The lowest BCUT2D eigenvalue weighted by atomic mass is 10.1. The first-order valence-electron chi connectivity index (χ1n) is 6.36. The maximum absolute atomic E-state index is 11.2. The van der Waals surface area contributed by atoms with Gasteiger partial charge in [0.2, 0.25) is 0 Å². The molecule has 20 heavy (non-hydrogen) atoms. The molecule has 0 aliphatic heterocycles. The van der Waals surface area contributed by atoms with Crippen molar-refractivity contribution in [3.05, 3.63) is 22.2 Å². The van der Waals surface area contributed by atoms with Crippen LogP contribution in [0.2, 0.25) is 0 Å². The molecule has 2 heterocycles. The van der Waals surface area contributed by atoms with Gasteiger partial charge in [-0.3, -0.25) is 9.89 Å². The maximum Gasteiger partial charge on any atom is 0.312 e. The third-order valence-electron chi connectivity index (χ3n) is 3.35. The molecule has 0 amide bonds. The van der Waals surface area contributed by atoms with Gasteiger partial charge in [0.25, 0.3) is 0 Å². The number of nitrogens with one attached hydrogen (secondary N) is 1. The van der Waals surface area contributed by atoms with Crippen LogP contribution in [0.15, 0.2) is 0 Å². The van der Waals surface area contributed by atoms with Gasteiger partial charge in [-0.1, -0.05) is 0 Å². The van der Waals surface area contributed by atoms with Crippen molar-refractivity contribution in [2.24, 2.45) is 0 Å². The van der Waals surface area contributed by atoms with E-state index in [2.05, 4.69) is 20.2 Å². The fraction of sp³-hybridized carbons (Fsp3) is 0.500. The molecule has 2 aromatic rings. The summed E-state index contributed by atoms with van der Waals surface area (Å²) >= 11 is 1.56. The number of carboxylic acids is 1. The molecule has 2 N–H and O–H groups in total. The minimum atomic E-state index is -0.784. The number of carbonyl (C=O) groups is 1. The van der Waals surface area contributed by atoms with E-state index in [0.29, 0.717) is 18.8 Å². The van der Waals surface area contributed by atoms with Crippen molar-refractivity contribution in [1.29, 1.82) is 0 Å². The average Bonchev–Trinajstić information content (AvgIpc) is 3.03. The van der Waals surface area contributed by atoms with Gasteiger partial charge in [0, 0.05) is 11.9 Å². The van der Waals surface area contributed by atoms with E-state index in [4.69, 9.17) is 0 Å². The first-order valence-corrected chi connectivity index (χ1v) is 7.17. The third kappa shape index (κ3) is 2.26. The maximum atomic E-state index is 11.2. The smallest absolute Gasteiger partial charge is 0.312 e. The van der Waals surface area contributed by atoms with E-state index >= 15 is 0 Å². The third-order valence-corrected chi connectivity index (χ3v) is 4.60. The number of H-pyrrole nitrogens is 1. The summed E-state index contributed by atoms with van der Waals surface area (Å²) < 4.78 is 0. The van der Waals surface area contributed by atoms with E-state index in [1.807, 2.05) is 18.9 Å². The molecule has 2 aromatic heterocycles. The van der Waals surface area contributed by atoms with Crippen LogP contribution in [0.3, 0.4) is 0 Å². The summed E-state index contributed by atoms with van der Waals surface area (Å²) in [5.74, 6) is 0.248. The van der Waals surface area contributed by atoms with E-state index in [1.54, 1.807) is 11.3 Å². The Morgan fingerprint density at radius 1 is 1.55 bits per heavy atom. The van der Waals surface area contributed by atoms with Crippen LogP contribution in [0, 0.1) is 6.92 Å². The standard InChI is InChI=1S/C12H15N5O2S/c1-6-13-9(16-15-6)5-17(2)12-14-10-7(11(18)19)3-4-8(10)20-12/h7H,3-5H2,1-2H3,(H,18,19)(H,13,15,16). The molecule has 106 valence electrons. The fourth-order valence-electron chi connectivity index (χ4n) is 2.36. The molecule has 3 rings (SSSR count). The molecule has 1 aliphatic carbocycles. The zero-order valence-electron chi connectivity index (χ0n) is 11.3. The molecule has 1 aliphatic rings. The summed E-state index contributed by atoms with van der Waals surface area (Å²) in [4.78, 5) is 23.0. The SMILES string of the molecule is Cc1nc(CN(C)c2nc3c(s2)CCC3C(=O)O)n[nH]1. The molecular formula is C12H15N5O2S. The lowest BCUT2D eigenvalue weighted by molar-refractivity contribution is -0.138. The van der Waals surface area contributed by atoms with E-state index in [9.17, 15) is 9.90 Å². The number of aromatic amines is 1. The number of aliphatic carboxylic acids is 1. The van der Waals surface area contributed by atoms with Crippen molar-refractivity contribution in [2.75, 3.05) is 11.9 Å². The second-order valence-electron chi connectivity index (χ2n) is 4.93. The normalized spacial score (nSPS) is 17.2. The molecule has 0 fully saturated rings. The molecule has 0 aromatic carbocycles. The Morgan fingerprint density at radius 3 is 3.00 bits per heavy atom. The lowest BCUT2D eigenvalue weighted by Gasteiger charge is -2.13. The Hall–Kier alpha value is -1.96. The minimum absolute atomic E-state index is 0.450. The second-order valence-corrected chi connectivity index (χ2v) is 5.99. The zero-order chi connectivity index (χ0) is 14.3. The monoisotopic (exact) mass is 293 g/mol. The predicted molar refractivity (Wildman–Crippen MR) is 74.0 cm³/mol. The van der Waals surface area contributed by atoms with Crippen LogP contribution in [0.4, 0.5) is 5.13 Å². The van der Waals surface area contributed by atoms with Crippen molar-refractivity contribution in [2.45, 2.75) is 32.2 Å². The van der Waals surface area contributed by atoms with Gasteiger partial charge in [-0.25, -0.2) is 9.97 Å². The van der Waals surface area contributed by atoms with Gasteiger partial charge in [0.15, 0.2) is 11.0 Å². The average molecular weight is 293 g/mol. The van der Waals surface area contributed by atoms with Crippen molar-refractivity contribution < 1.29 is 9.90 Å². The number of rotatable bonds is 4. The van der Waals surface area contributed by atoms with E-state index in [-0.39, 0.29) is 0 Å². The number of anilines is 1. The van der Waals surface area contributed by atoms with Crippen LogP contribution in [-0.2, 0) is 17.8 Å². The van der Waals surface area contributed by atoms with Gasteiger partial charge >= 0.3 is 5.97 Å². The van der Waals surface area contributed by atoms with Gasteiger partial charge in [-0.2, -0.15) is 5.10 Å². The number of hydrogen-bond acceptors (Lipinski definition) is 6. The molecule has 1 atom stereocenters. The predicted octanol–water partition coefficient (Wildman–Crippen LogP) is 1.32. The van der Waals surface area contributed by atoms with Crippen LogP contribution >= 0.6 is 11.3 Å². The molecule has 8 heteroatoms. The quantitative estimate of drug-likeness (QED) is 0.882. The highest BCUT2D eigenvalue weighted by molar-refractivity contribution is 7.15. The summed E-state index contributed by atoms with van der Waals surface area (Å²) in [5.41, 5.74) is 0.732. The lowest BCUT2D eigenvalue weighted by Crippen LogP contribution is -2.17. The van der Waals surface area contributed by atoms with Crippen LogP contribution < -0.4 is 4.90 Å². The molecule has 7 nitrogen and oxygen atoms in total. The molecule has 0 saturated carbocycles. The van der Waals surface area contributed by atoms with Crippen LogP contribution in [0.25, 0.3) is 0 Å². The Balaban J connectivity index is 1.78. The number of hydrogen-bond donors (Lipinski definition) is 2. The van der Waals surface area contributed by atoms with E-state index in [0.717, 1.165) is 27.9 Å². The molecule has 0 saturated heterocycles. The topological polar surface area (TPSA) is 95.0 Å². The number of thiazole rings is 1. The van der Waals surface area contributed by atoms with Crippen molar-refractivity contribution >= 4 is 22.4 Å². The number of aryl methyl sites for hydroxylation is 2. The highest BCUT2D eigenvalue weighted by Crippen LogP contribution is 2.39. The summed E-state index contributed by atoms with van der Waals surface area (Å²) in [5, 5.41) is 16.9. The summed E-state index contributed by atoms with van der Waals surface area (Å²) in [6, 6.07) is 0. The number of aromatic nitrogens is 4. The van der Waals surface area contributed by atoms with Crippen LogP contribution in [-0.4, -0.2) is 38.3 Å². The Kier molecular flexibility index (Phi) is 3.17. The summed E-state index contributed by atoms with van der Waals surface area (Å²) in [6.07, 6.45) is 1.46. The molecule has 0 bridgehead atoms. The highest BCUT2D eigenvalue weighted by atomic mass is 32.1. The van der Waals surface area contributed by atoms with Gasteiger partial charge in [-0.15, -0.1) is 11.3 Å². The van der Waals surface area contributed by atoms with Crippen molar-refractivity contribution in [3.8, 4) is 0 Å². The van der Waals surface area contributed by atoms with Crippen LogP contribution in [0.5, 0.6) is 0 Å². The molecule has 0 radical (unpaired) electrons. The summed E-state index contributed by atoms with van der Waals surface area (Å²) in [6.45, 7) is 2.40. The minimum Gasteiger partial charge on any atom is -0.481 e. The zero-order valence-corrected chi connectivity index (χ0v) is 12.1. The van der Waals surface area contributed by atoms with E-state index < -0.39 is 11.9 Å². The van der Waals surface area contributed by atoms with E-state index in [1.165, 1.54) is 0 Å². The van der Waals surface area contributed by atoms with Gasteiger partial charge in [0.1, 0.15) is 11.7 Å². The van der Waals surface area contributed by atoms with Gasteiger partial charge in [-0.05, 0) is 19.8 Å². The molecule has 0 spiro atoms. The number of carboxylic acid groups (broad SMARTS) is 1. The largest absolute Gasteiger partial charge is 0.481 e. The second kappa shape index (κ2) is 4.86. The van der Waals surface area contributed by atoms with Gasteiger partial charge in [0.05, 0.1) is 12.2 Å². The molecular weight excluding hydrogens is 278 g/mol. The number of nitrogens with zero attached hydrogens (tertiary/aromatic N) is 4. The Morgan fingerprint density at radius 2 is 2.35 bits per heavy atom. The molecule has 1 unspecified atom stereocenters. The van der Waals surface area contributed by atoms with Gasteiger partial charge < -0.3 is 10.0 Å².